The molecule has 0 saturated carbocycles. The summed E-state index contributed by atoms with van der Waals surface area (Å²) in [7, 11) is 0. The van der Waals surface area contributed by atoms with Crippen LogP contribution in [0.3, 0.4) is 0 Å². The zero-order valence-electron chi connectivity index (χ0n) is 14.1. The fourth-order valence-corrected chi connectivity index (χ4v) is 4.02. The predicted octanol–water partition coefficient (Wildman–Crippen LogP) is 4.52. The quantitative estimate of drug-likeness (QED) is 0.781. The Kier molecular flexibility index (Phi) is 7.74. The highest BCUT2D eigenvalue weighted by Crippen LogP contribution is 2.25. The van der Waals surface area contributed by atoms with Crippen molar-refractivity contribution in [3.8, 4) is 0 Å². The molecule has 5 heteroatoms. The number of rotatable bonds is 7. The standard InChI is InChI=1S/C18H27ClN2OS/c1-14(13-23-2)21-11-9-15(10-12-21)7-8-18(22)20-17-6-4-3-5-16(17)19/h3-6,14-15H,7-13H2,1-2H3,(H,20,22)/t14-/m1/s1. The summed E-state index contributed by atoms with van der Waals surface area (Å²) in [5.74, 6) is 1.94. The van der Waals surface area contributed by atoms with Gasteiger partial charge in [-0.2, -0.15) is 11.8 Å². The summed E-state index contributed by atoms with van der Waals surface area (Å²) < 4.78 is 0. The van der Waals surface area contributed by atoms with Gasteiger partial charge < -0.3 is 5.32 Å². The zero-order chi connectivity index (χ0) is 16.7. The molecule has 1 fully saturated rings. The Balaban J connectivity index is 1.69. The van der Waals surface area contributed by atoms with E-state index in [0.717, 1.165) is 6.42 Å². The fourth-order valence-electron chi connectivity index (χ4n) is 3.14. The number of carbonyl (C=O) groups is 1. The minimum atomic E-state index is 0.0660. The van der Waals surface area contributed by atoms with Crippen LogP contribution in [0.4, 0.5) is 5.69 Å². The fraction of sp³-hybridized carbons (Fsp3) is 0.611. The van der Waals surface area contributed by atoms with Gasteiger partial charge in [-0.25, -0.2) is 0 Å². The molecule has 1 heterocycles. The molecule has 0 bridgehead atoms. The van der Waals surface area contributed by atoms with Crippen molar-refractivity contribution in [1.29, 1.82) is 0 Å². The maximum absolute atomic E-state index is 12.1. The van der Waals surface area contributed by atoms with Gasteiger partial charge in [0.1, 0.15) is 0 Å². The van der Waals surface area contributed by atoms with Crippen molar-refractivity contribution in [3.05, 3.63) is 29.3 Å². The van der Waals surface area contributed by atoms with Crippen molar-refractivity contribution >= 4 is 35.0 Å². The first-order chi connectivity index (χ1) is 11.1. The third kappa shape index (κ3) is 6.02. The Morgan fingerprint density at radius 3 is 2.74 bits per heavy atom. The SMILES string of the molecule is CSC[C@@H](C)N1CCC(CCC(=O)Nc2ccccc2Cl)CC1. The highest BCUT2D eigenvalue weighted by molar-refractivity contribution is 7.98. The maximum atomic E-state index is 12.1. The first kappa shape index (κ1) is 18.6. The van der Waals surface area contributed by atoms with Crippen LogP contribution in [0, 0.1) is 5.92 Å². The number of likely N-dealkylation sites (tertiary alicyclic amines) is 1. The van der Waals surface area contributed by atoms with E-state index in [1.54, 1.807) is 6.07 Å². The molecule has 0 aromatic heterocycles. The van der Waals surface area contributed by atoms with E-state index in [-0.39, 0.29) is 5.91 Å². The van der Waals surface area contributed by atoms with Gasteiger partial charge >= 0.3 is 0 Å². The lowest BCUT2D eigenvalue weighted by atomic mass is 9.91. The molecule has 0 aliphatic carbocycles. The van der Waals surface area contributed by atoms with Gasteiger partial charge in [-0.05, 0) is 63.6 Å². The Labute approximate surface area is 149 Å². The minimum Gasteiger partial charge on any atom is -0.325 e. The molecular formula is C18H27ClN2OS. The molecule has 3 nitrogen and oxygen atoms in total. The topological polar surface area (TPSA) is 32.3 Å². The summed E-state index contributed by atoms with van der Waals surface area (Å²) >= 11 is 7.98. The van der Waals surface area contributed by atoms with E-state index < -0.39 is 0 Å². The predicted molar refractivity (Wildman–Crippen MR) is 101 cm³/mol. The number of nitrogens with zero attached hydrogens (tertiary/aromatic N) is 1. The van der Waals surface area contributed by atoms with Gasteiger partial charge in [0.15, 0.2) is 0 Å². The van der Waals surface area contributed by atoms with Crippen LogP contribution in [-0.4, -0.2) is 41.9 Å². The molecule has 2 rings (SSSR count). The number of halogens is 1. The number of benzene rings is 1. The zero-order valence-corrected chi connectivity index (χ0v) is 15.6. The third-order valence-electron chi connectivity index (χ3n) is 4.61. The molecule has 0 radical (unpaired) electrons. The monoisotopic (exact) mass is 354 g/mol. The number of para-hydroxylation sites is 1. The highest BCUT2D eigenvalue weighted by atomic mass is 35.5. The van der Waals surface area contributed by atoms with Crippen molar-refractivity contribution in [2.24, 2.45) is 5.92 Å². The number of hydrogen-bond donors (Lipinski definition) is 1. The van der Waals surface area contributed by atoms with Gasteiger partial charge in [-0.15, -0.1) is 0 Å². The maximum Gasteiger partial charge on any atom is 0.224 e. The average molecular weight is 355 g/mol. The average Bonchev–Trinajstić information content (AvgIpc) is 2.56. The summed E-state index contributed by atoms with van der Waals surface area (Å²) in [6, 6.07) is 8.04. The number of amides is 1. The lowest BCUT2D eigenvalue weighted by Crippen LogP contribution is -2.41. The summed E-state index contributed by atoms with van der Waals surface area (Å²) in [6.07, 6.45) is 6.13. The molecule has 1 amide bonds. The third-order valence-corrected chi connectivity index (χ3v) is 5.75. The molecule has 1 saturated heterocycles. The van der Waals surface area contributed by atoms with Gasteiger partial charge in [0.05, 0.1) is 10.7 Å². The first-order valence-corrected chi connectivity index (χ1v) is 10.1. The van der Waals surface area contributed by atoms with E-state index in [2.05, 4.69) is 23.4 Å². The summed E-state index contributed by atoms with van der Waals surface area (Å²) in [5.41, 5.74) is 0.708. The second-order valence-electron chi connectivity index (χ2n) is 6.35. The molecule has 1 atom stereocenters. The Morgan fingerprint density at radius 1 is 1.39 bits per heavy atom. The molecule has 128 valence electrons. The van der Waals surface area contributed by atoms with Gasteiger partial charge in [0.2, 0.25) is 5.91 Å². The normalized spacial score (nSPS) is 17.9. The second kappa shape index (κ2) is 9.55. The number of hydrogen-bond acceptors (Lipinski definition) is 3. The molecule has 1 aromatic rings. The van der Waals surface area contributed by atoms with Crippen LogP contribution < -0.4 is 5.32 Å². The smallest absolute Gasteiger partial charge is 0.224 e. The number of carbonyl (C=O) groups excluding carboxylic acids is 1. The second-order valence-corrected chi connectivity index (χ2v) is 7.67. The lowest BCUT2D eigenvalue weighted by Gasteiger charge is -2.35. The van der Waals surface area contributed by atoms with E-state index >= 15 is 0 Å². The van der Waals surface area contributed by atoms with Gasteiger partial charge in [-0.3, -0.25) is 9.69 Å². The summed E-state index contributed by atoms with van der Waals surface area (Å²) in [4.78, 5) is 14.7. The molecule has 0 unspecified atom stereocenters. The van der Waals surface area contributed by atoms with Crippen molar-refractivity contribution in [2.45, 2.75) is 38.6 Å². The molecule has 23 heavy (non-hydrogen) atoms. The van der Waals surface area contributed by atoms with Crippen LogP contribution in [-0.2, 0) is 4.79 Å². The van der Waals surface area contributed by atoms with Crippen LogP contribution in [0.1, 0.15) is 32.6 Å². The van der Waals surface area contributed by atoms with Gasteiger partial charge in [-0.1, -0.05) is 23.7 Å². The Morgan fingerprint density at radius 2 is 2.09 bits per heavy atom. The minimum absolute atomic E-state index is 0.0660. The molecule has 1 aromatic carbocycles. The lowest BCUT2D eigenvalue weighted by molar-refractivity contribution is -0.116. The number of piperidine rings is 1. The van der Waals surface area contributed by atoms with Crippen LogP contribution in [0.15, 0.2) is 24.3 Å². The van der Waals surface area contributed by atoms with Crippen LogP contribution in [0.5, 0.6) is 0 Å². The molecule has 1 aliphatic heterocycles. The number of thioether (sulfide) groups is 1. The van der Waals surface area contributed by atoms with Crippen molar-refractivity contribution in [1.82, 2.24) is 4.90 Å². The van der Waals surface area contributed by atoms with Crippen molar-refractivity contribution < 1.29 is 4.79 Å². The Bertz CT molecular complexity index is 504. The van der Waals surface area contributed by atoms with E-state index in [0.29, 0.717) is 29.1 Å². The highest BCUT2D eigenvalue weighted by Gasteiger charge is 2.22. The largest absolute Gasteiger partial charge is 0.325 e. The van der Waals surface area contributed by atoms with Crippen LogP contribution in [0.25, 0.3) is 0 Å². The first-order valence-electron chi connectivity index (χ1n) is 8.37. The van der Waals surface area contributed by atoms with E-state index in [1.165, 1.54) is 31.7 Å². The van der Waals surface area contributed by atoms with Crippen LogP contribution in [0.2, 0.25) is 5.02 Å². The van der Waals surface area contributed by atoms with Crippen molar-refractivity contribution in [2.75, 3.05) is 30.4 Å². The van der Waals surface area contributed by atoms with Crippen molar-refractivity contribution in [3.63, 3.8) is 0 Å². The Hall–Kier alpha value is -0.710. The van der Waals surface area contributed by atoms with Gasteiger partial charge in [0.25, 0.3) is 0 Å². The number of anilines is 1. The summed E-state index contributed by atoms with van der Waals surface area (Å²) in [5, 5.41) is 3.50. The molecule has 0 spiro atoms. The summed E-state index contributed by atoms with van der Waals surface area (Å²) in [6.45, 7) is 4.64. The van der Waals surface area contributed by atoms with E-state index in [4.69, 9.17) is 11.6 Å². The van der Waals surface area contributed by atoms with E-state index in [9.17, 15) is 4.79 Å². The number of nitrogens with one attached hydrogen (secondary N) is 1. The molecular weight excluding hydrogens is 328 g/mol. The molecule has 1 N–H and O–H groups in total. The van der Waals surface area contributed by atoms with Gasteiger partial charge in [0, 0.05) is 18.2 Å². The van der Waals surface area contributed by atoms with E-state index in [1.807, 2.05) is 30.0 Å². The molecule has 1 aliphatic rings. The van der Waals surface area contributed by atoms with Crippen LogP contribution >= 0.6 is 23.4 Å².